The van der Waals surface area contributed by atoms with Gasteiger partial charge >= 0.3 is 0 Å². The number of amides is 1. The molecule has 7 heteroatoms. The fourth-order valence-corrected chi connectivity index (χ4v) is 3.62. The number of rotatable bonds is 6. The molecule has 1 aliphatic heterocycles. The van der Waals surface area contributed by atoms with Gasteiger partial charge in [-0.25, -0.2) is 4.68 Å². The van der Waals surface area contributed by atoms with Crippen LogP contribution in [-0.2, 0) is 11.3 Å². The van der Waals surface area contributed by atoms with Gasteiger partial charge in [-0.15, -0.1) is 0 Å². The van der Waals surface area contributed by atoms with E-state index in [1.54, 1.807) is 30.3 Å². The molecule has 7 nitrogen and oxygen atoms in total. The first-order valence-corrected chi connectivity index (χ1v) is 9.93. The second-order valence-electron chi connectivity index (χ2n) is 7.03. The highest BCUT2D eigenvalue weighted by atomic mass is 16.5. The molecule has 0 atom stereocenters. The van der Waals surface area contributed by atoms with E-state index in [9.17, 15) is 9.59 Å². The van der Waals surface area contributed by atoms with Crippen molar-refractivity contribution in [3.8, 4) is 5.75 Å². The molecule has 3 aromatic rings. The number of hydrogen-bond donors (Lipinski definition) is 1. The van der Waals surface area contributed by atoms with Crippen molar-refractivity contribution in [2.24, 2.45) is 0 Å². The third kappa shape index (κ3) is 4.08. The number of benzene rings is 2. The van der Waals surface area contributed by atoms with E-state index in [0.717, 1.165) is 42.9 Å². The molecule has 150 valence electrons. The molecule has 2 heterocycles. The fourth-order valence-electron chi connectivity index (χ4n) is 3.62. The summed E-state index contributed by atoms with van der Waals surface area (Å²) in [5, 5.41) is 8.79. The summed E-state index contributed by atoms with van der Waals surface area (Å²) >= 11 is 0. The number of hydrogen-bond acceptors (Lipinski definition) is 5. The standard InChI is InChI=1S/C22H24N4O3/c1-2-29-17-11-9-16(10-12-17)23-20(27)15-26-22(28)19-8-4-3-7-18(19)21(24-26)25-13-5-6-14-25/h3-4,7-12H,2,5-6,13-15H2,1H3,(H,23,27). The van der Waals surface area contributed by atoms with Gasteiger partial charge < -0.3 is 15.0 Å². The molecule has 4 rings (SSSR count). The van der Waals surface area contributed by atoms with E-state index >= 15 is 0 Å². The first-order chi connectivity index (χ1) is 14.2. The third-order valence-corrected chi connectivity index (χ3v) is 5.00. The lowest BCUT2D eigenvalue weighted by atomic mass is 10.2. The molecule has 0 radical (unpaired) electrons. The molecule has 1 aromatic heterocycles. The topological polar surface area (TPSA) is 76.5 Å². The van der Waals surface area contributed by atoms with Gasteiger partial charge in [0, 0.05) is 24.2 Å². The average Bonchev–Trinajstić information content (AvgIpc) is 3.26. The molecule has 29 heavy (non-hydrogen) atoms. The van der Waals surface area contributed by atoms with Crippen LogP contribution >= 0.6 is 0 Å². The highest BCUT2D eigenvalue weighted by molar-refractivity contribution is 5.93. The van der Waals surface area contributed by atoms with Crippen LogP contribution in [0.25, 0.3) is 10.8 Å². The molecular weight excluding hydrogens is 368 g/mol. The summed E-state index contributed by atoms with van der Waals surface area (Å²) in [5.41, 5.74) is 0.387. The Hall–Kier alpha value is -3.35. The second-order valence-corrected chi connectivity index (χ2v) is 7.03. The van der Waals surface area contributed by atoms with Crippen molar-refractivity contribution in [1.82, 2.24) is 9.78 Å². The zero-order valence-corrected chi connectivity index (χ0v) is 16.4. The van der Waals surface area contributed by atoms with E-state index in [0.29, 0.717) is 17.7 Å². The highest BCUT2D eigenvalue weighted by Crippen LogP contribution is 2.25. The lowest BCUT2D eigenvalue weighted by Gasteiger charge is -2.19. The molecular formula is C22H24N4O3. The molecule has 0 bridgehead atoms. The molecule has 2 aromatic carbocycles. The fraction of sp³-hybridized carbons (Fsp3) is 0.318. The quantitative estimate of drug-likeness (QED) is 0.698. The summed E-state index contributed by atoms with van der Waals surface area (Å²) in [5.74, 6) is 1.21. The maximum absolute atomic E-state index is 12.9. The van der Waals surface area contributed by atoms with E-state index in [-0.39, 0.29) is 18.0 Å². The molecule has 0 aliphatic carbocycles. The van der Waals surface area contributed by atoms with E-state index < -0.39 is 0 Å². The monoisotopic (exact) mass is 392 g/mol. The van der Waals surface area contributed by atoms with Gasteiger partial charge in [-0.1, -0.05) is 18.2 Å². The SMILES string of the molecule is CCOc1ccc(NC(=O)Cn2nc(N3CCCC3)c3ccccc3c2=O)cc1. The van der Waals surface area contributed by atoms with Gasteiger partial charge in [0.25, 0.3) is 5.56 Å². The first-order valence-electron chi connectivity index (χ1n) is 9.93. The predicted octanol–water partition coefficient (Wildman–Crippen LogP) is 3.03. The van der Waals surface area contributed by atoms with Crippen molar-refractivity contribution in [2.75, 3.05) is 29.9 Å². The Balaban J connectivity index is 1.59. The Kier molecular flexibility index (Phi) is 5.46. The predicted molar refractivity (Wildman–Crippen MR) is 114 cm³/mol. The largest absolute Gasteiger partial charge is 0.494 e. The number of nitrogens with one attached hydrogen (secondary N) is 1. The second kappa shape index (κ2) is 8.34. The molecule has 1 amide bonds. The lowest BCUT2D eigenvalue weighted by Crippen LogP contribution is -2.32. The molecule has 0 unspecified atom stereocenters. The van der Waals surface area contributed by atoms with Gasteiger partial charge in [-0.05, 0) is 50.1 Å². The number of fused-ring (bicyclic) bond motifs is 1. The van der Waals surface area contributed by atoms with E-state index in [1.165, 1.54) is 4.68 Å². The third-order valence-electron chi connectivity index (χ3n) is 5.00. The average molecular weight is 392 g/mol. The lowest BCUT2D eigenvalue weighted by molar-refractivity contribution is -0.117. The summed E-state index contributed by atoms with van der Waals surface area (Å²) in [6, 6.07) is 14.6. The van der Waals surface area contributed by atoms with Gasteiger partial charge in [-0.2, -0.15) is 5.10 Å². The number of ether oxygens (including phenoxy) is 1. The van der Waals surface area contributed by atoms with Crippen LogP contribution in [0.15, 0.2) is 53.3 Å². The van der Waals surface area contributed by atoms with E-state index in [4.69, 9.17) is 4.74 Å². The maximum atomic E-state index is 12.9. The van der Waals surface area contributed by atoms with Crippen LogP contribution in [0.4, 0.5) is 11.5 Å². The number of nitrogens with zero attached hydrogens (tertiary/aromatic N) is 3. The van der Waals surface area contributed by atoms with Crippen LogP contribution in [0.5, 0.6) is 5.75 Å². The summed E-state index contributed by atoms with van der Waals surface area (Å²) in [7, 11) is 0. The molecule has 1 saturated heterocycles. The molecule has 0 saturated carbocycles. The van der Waals surface area contributed by atoms with Crippen LogP contribution in [-0.4, -0.2) is 35.4 Å². The van der Waals surface area contributed by atoms with Crippen molar-refractivity contribution >= 4 is 28.2 Å². The zero-order valence-electron chi connectivity index (χ0n) is 16.4. The Morgan fingerprint density at radius 2 is 1.76 bits per heavy atom. The normalized spacial score (nSPS) is 13.6. The van der Waals surface area contributed by atoms with Gasteiger partial charge in [-0.3, -0.25) is 9.59 Å². The minimum absolute atomic E-state index is 0.141. The number of carbonyl (C=O) groups is 1. The van der Waals surface area contributed by atoms with Crippen molar-refractivity contribution in [3.63, 3.8) is 0 Å². The minimum atomic E-state index is -0.300. The van der Waals surface area contributed by atoms with Crippen molar-refractivity contribution in [2.45, 2.75) is 26.3 Å². The zero-order chi connectivity index (χ0) is 20.2. The van der Waals surface area contributed by atoms with Crippen LogP contribution in [0, 0.1) is 0 Å². The summed E-state index contributed by atoms with van der Waals surface area (Å²) in [6.07, 6.45) is 2.21. The van der Waals surface area contributed by atoms with Crippen molar-refractivity contribution < 1.29 is 9.53 Å². The van der Waals surface area contributed by atoms with E-state index in [2.05, 4.69) is 15.3 Å². The Labute approximate surface area is 168 Å². The van der Waals surface area contributed by atoms with E-state index in [1.807, 2.05) is 25.1 Å². The van der Waals surface area contributed by atoms with Gasteiger partial charge in [0.1, 0.15) is 12.3 Å². The molecule has 1 N–H and O–H groups in total. The number of carbonyl (C=O) groups excluding carboxylic acids is 1. The van der Waals surface area contributed by atoms with Crippen LogP contribution in [0.2, 0.25) is 0 Å². The Morgan fingerprint density at radius 3 is 2.45 bits per heavy atom. The van der Waals surface area contributed by atoms with Gasteiger partial charge in [0.15, 0.2) is 5.82 Å². The first kappa shape index (κ1) is 19.0. The smallest absolute Gasteiger partial charge is 0.275 e. The summed E-state index contributed by atoms with van der Waals surface area (Å²) in [4.78, 5) is 27.6. The summed E-state index contributed by atoms with van der Waals surface area (Å²) < 4.78 is 6.67. The van der Waals surface area contributed by atoms with Gasteiger partial charge in [0.2, 0.25) is 5.91 Å². The highest BCUT2D eigenvalue weighted by Gasteiger charge is 2.20. The molecule has 1 aliphatic rings. The number of anilines is 2. The van der Waals surface area contributed by atoms with Crippen LogP contribution < -0.4 is 20.5 Å². The Morgan fingerprint density at radius 1 is 1.07 bits per heavy atom. The minimum Gasteiger partial charge on any atom is -0.494 e. The van der Waals surface area contributed by atoms with Crippen LogP contribution in [0.1, 0.15) is 19.8 Å². The number of aromatic nitrogens is 2. The summed E-state index contributed by atoms with van der Waals surface area (Å²) in [6.45, 7) is 4.18. The van der Waals surface area contributed by atoms with Gasteiger partial charge in [0.05, 0.1) is 12.0 Å². The maximum Gasteiger partial charge on any atom is 0.275 e. The Bertz CT molecular complexity index is 1070. The van der Waals surface area contributed by atoms with Crippen molar-refractivity contribution in [1.29, 1.82) is 0 Å². The molecule has 1 fully saturated rings. The van der Waals surface area contributed by atoms with Crippen molar-refractivity contribution in [3.05, 3.63) is 58.9 Å². The molecule has 0 spiro atoms. The van der Waals surface area contributed by atoms with Crippen LogP contribution in [0.3, 0.4) is 0 Å².